The van der Waals surface area contributed by atoms with Crippen molar-refractivity contribution < 1.29 is 10.2 Å². The van der Waals surface area contributed by atoms with Crippen molar-refractivity contribution in [3.8, 4) is 0 Å². The monoisotopic (exact) mass is 262 g/mol. The van der Waals surface area contributed by atoms with Gasteiger partial charge in [0.2, 0.25) is 0 Å². The highest BCUT2D eigenvalue weighted by Crippen LogP contribution is 2.63. The van der Waals surface area contributed by atoms with Crippen LogP contribution in [0.1, 0.15) is 33.1 Å². The summed E-state index contributed by atoms with van der Waals surface area (Å²) in [6.45, 7) is 4.44. The fraction of sp³-hybridized carbons (Fsp3) is 1.00. The van der Waals surface area contributed by atoms with Gasteiger partial charge in [-0.05, 0) is 36.5 Å². The zero-order valence-electron chi connectivity index (χ0n) is 8.83. The third-order valence-corrected chi connectivity index (χ3v) is 5.05. The molecule has 3 saturated carbocycles. The van der Waals surface area contributed by atoms with Crippen LogP contribution in [-0.4, -0.2) is 27.2 Å². The van der Waals surface area contributed by atoms with Gasteiger partial charge in [0.05, 0.1) is 11.7 Å². The second-order valence-corrected chi connectivity index (χ2v) is 6.28. The molecule has 0 unspecified atom stereocenters. The van der Waals surface area contributed by atoms with Gasteiger partial charge in [-0.3, -0.25) is 0 Å². The maximum Gasteiger partial charge on any atom is 0.0946 e. The Morgan fingerprint density at radius 2 is 2.00 bits per heavy atom. The summed E-state index contributed by atoms with van der Waals surface area (Å²) in [7, 11) is 0. The fourth-order valence-electron chi connectivity index (χ4n) is 3.46. The maximum atomic E-state index is 10.5. The molecular weight excluding hydrogens is 244 g/mol. The molecule has 2 bridgehead atoms. The molecule has 4 atom stereocenters. The summed E-state index contributed by atoms with van der Waals surface area (Å²) in [5, 5.41) is 21.2. The van der Waals surface area contributed by atoms with E-state index < -0.39 is 11.7 Å². The van der Waals surface area contributed by atoms with Crippen molar-refractivity contribution in [3.05, 3.63) is 0 Å². The van der Waals surface area contributed by atoms with E-state index in [1.807, 2.05) is 0 Å². The van der Waals surface area contributed by atoms with Crippen molar-refractivity contribution in [2.24, 2.45) is 17.3 Å². The van der Waals surface area contributed by atoms with Gasteiger partial charge in [-0.1, -0.05) is 29.8 Å². The number of hydrogen-bond donors (Lipinski definition) is 2. The zero-order valence-corrected chi connectivity index (χ0v) is 10.4. The third kappa shape index (κ3) is 1.22. The number of fused-ring (bicyclic) bond motifs is 2. The summed E-state index contributed by atoms with van der Waals surface area (Å²) in [6, 6.07) is 0. The largest absolute Gasteiger partial charge is 0.390 e. The smallest absolute Gasteiger partial charge is 0.0946 e. The quantitative estimate of drug-likeness (QED) is 0.747. The van der Waals surface area contributed by atoms with E-state index in [0.717, 1.165) is 18.2 Å². The van der Waals surface area contributed by atoms with E-state index in [1.54, 1.807) is 0 Å². The van der Waals surface area contributed by atoms with E-state index in [-0.39, 0.29) is 11.3 Å². The lowest BCUT2D eigenvalue weighted by Crippen LogP contribution is -2.67. The lowest BCUT2D eigenvalue weighted by molar-refractivity contribution is -0.253. The molecular formula is C11H19BrO2. The first-order valence-corrected chi connectivity index (χ1v) is 6.51. The molecule has 3 fully saturated rings. The summed E-state index contributed by atoms with van der Waals surface area (Å²) in [4.78, 5) is 0. The second-order valence-electron chi connectivity index (χ2n) is 5.49. The van der Waals surface area contributed by atoms with Crippen LogP contribution in [0.3, 0.4) is 0 Å². The Morgan fingerprint density at radius 3 is 2.50 bits per heavy atom. The summed E-state index contributed by atoms with van der Waals surface area (Å²) in [5.41, 5.74) is -0.627. The predicted molar refractivity (Wildman–Crippen MR) is 59.4 cm³/mol. The molecule has 0 spiro atoms. The van der Waals surface area contributed by atoms with Gasteiger partial charge in [0, 0.05) is 5.33 Å². The molecule has 3 aliphatic rings. The molecule has 14 heavy (non-hydrogen) atoms. The topological polar surface area (TPSA) is 40.5 Å². The molecule has 3 aliphatic carbocycles. The van der Waals surface area contributed by atoms with E-state index in [1.165, 1.54) is 0 Å². The Kier molecular flexibility index (Phi) is 2.49. The number of aliphatic hydroxyl groups is 2. The molecule has 2 nitrogen and oxygen atoms in total. The van der Waals surface area contributed by atoms with Crippen LogP contribution in [0.4, 0.5) is 0 Å². The first kappa shape index (κ1) is 10.9. The van der Waals surface area contributed by atoms with Gasteiger partial charge in [0.1, 0.15) is 0 Å². The molecule has 0 aromatic carbocycles. The Morgan fingerprint density at radius 1 is 1.36 bits per heavy atom. The van der Waals surface area contributed by atoms with E-state index >= 15 is 0 Å². The molecule has 0 aromatic heterocycles. The average Bonchev–Trinajstić information content (AvgIpc) is 2.09. The lowest BCUT2D eigenvalue weighted by atomic mass is 9.43. The van der Waals surface area contributed by atoms with Crippen molar-refractivity contribution >= 4 is 15.9 Å². The van der Waals surface area contributed by atoms with Crippen molar-refractivity contribution in [2.75, 3.05) is 5.33 Å². The van der Waals surface area contributed by atoms with Crippen molar-refractivity contribution in [2.45, 2.75) is 44.8 Å². The highest BCUT2D eigenvalue weighted by molar-refractivity contribution is 9.09. The lowest BCUT2D eigenvalue weighted by Gasteiger charge is -2.65. The Hall–Kier alpha value is 0.400. The number of halogens is 1. The van der Waals surface area contributed by atoms with E-state index in [4.69, 9.17) is 0 Å². The van der Waals surface area contributed by atoms with Gasteiger partial charge >= 0.3 is 0 Å². The fourth-order valence-corrected chi connectivity index (χ4v) is 4.10. The highest BCUT2D eigenvalue weighted by Gasteiger charge is 2.63. The van der Waals surface area contributed by atoms with Crippen molar-refractivity contribution in [3.63, 3.8) is 0 Å². The van der Waals surface area contributed by atoms with Gasteiger partial charge in [0.25, 0.3) is 0 Å². The normalized spacial score (nSPS) is 49.9. The van der Waals surface area contributed by atoms with Crippen molar-refractivity contribution in [1.82, 2.24) is 0 Å². The molecule has 3 heteroatoms. The molecule has 0 saturated heterocycles. The van der Waals surface area contributed by atoms with Crippen LogP contribution in [0.15, 0.2) is 0 Å². The zero-order chi connectivity index (χ0) is 10.6. The Labute approximate surface area is 93.8 Å². The Bertz CT molecular complexity index is 241. The minimum atomic E-state index is -0.845. The van der Waals surface area contributed by atoms with Crippen LogP contribution in [0.2, 0.25) is 0 Å². The van der Waals surface area contributed by atoms with Crippen LogP contribution in [-0.2, 0) is 0 Å². The number of alkyl halides is 1. The van der Waals surface area contributed by atoms with Gasteiger partial charge < -0.3 is 10.2 Å². The van der Waals surface area contributed by atoms with E-state index in [2.05, 4.69) is 29.8 Å². The number of hydrogen-bond acceptors (Lipinski definition) is 2. The first-order valence-electron chi connectivity index (χ1n) is 5.39. The van der Waals surface area contributed by atoms with Gasteiger partial charge in [-0.2, -0.15) is 0 Å². The minimum absolute atomic E-state index is 0.218. The molecule has 82 valence electrons. The first-order chi connectivity index (χ1) is 6.43. The van der Waals surface area contributed by atoms with Gasteiger partial charge in [-0.15, -0.1) is 0 Å². The maximum absolute atomic E-state index is 10.5. The van der Waals surface area contributed by atoms with Gasteiger partial charge in [0.15, 0.2) is 0 Å². The standard InChI is InChI=1S/C11H19BrO2/c1-10(2)7-5-8(10)11(14,3-4-12)9(13)6-7/h7-9,13-14H,3-6H2,1-2H3/t7-,8-,9+,11-/m1/s1. The van der Waals surface area contributed by atoms with Crippen LogP contribution >= 0.6 is 15.9 Å². The molecule has 0 heterocycles. The average molecular weight is 263 g/mol. The summed E-state index contributed by atoms with van der Waals surface area (Å²) in [5.74, 6) is 0.888. The van der Waals surface area contributed by atoms with Gasteiger partial charge in [-0.25, -0.2) is 0 Å². The Balaban J connectivity index is 2.22. The van der Waals surface area contributed by atoms with Crippen LogP contribution in [0, 0.1) is 17.3 Å². The molecule has 0 amide bonds. The summed E-state index contributed by atoms with van der Waals surface area (Å²) >= 11 is 3.36. The number of aliphatic hydroxyl groups excluding tert-OH is 1. The molecule has 3 rings (SSSR count). The third-order valence-electron chi connectivity index (χ3n) is 4.65. The highest BCUT2D eigenvalue weighted by atomic mass is 79.9. The summed E-state index contributed by atoms with van der Waals surface area (Å²) in [6.07, 6.45) is 2.01. The molecule has 0 aromatic rings. The van der Waals surface area contributed by atoms with Crippen molar-refractivity contribution in [1.29, 1.82) is 0 Å². The van der Waals surface area contributed by atoms with E-state index in [9.17, 15) is 10.2 Å². The predicted octanol–water partition coefficient (Wildman–Crippen LogP) is 1.93. The SMILES string of the molecule is CC1(C)[C@@H]2C[C@H]1[C@](O)(CCBr)[C@@H](O)C2. The molecule has 2 N–H and O–H groups in total. The molecule has 0 radical (unpaired) electrons. The van der Waals surface area contributed by atoms with Crippen LogP contribution in [0.25, 0.3) is 0 Å². The number of rotatable bonds is 2. The minimum Gasteiger partial charge on any atom is -0.390 e. The van der Waals surface area contributed by atoms with E-state index in [0.29, 0.717) is 12.3 Å². The molecule has 0 aliphatic heterocycles. The second kappa shape index (κ2) is 3.19. The van der Waals surface area contributed by atoms with Crippen LogP contribution in [0.5, 0.6) is 0 Å². The summed E-state index contributed by atoms with van der Waals surface area (Å²) < 4.78 is 0. The van der Waals surface area contributed by atoms with Crippen LogP contribution < -0.4 is 0 Å².